The zero-order valence-electron chi connectivity index (χ0n) is 36.8. The Morgan fingerprint density at radius 2 is 1.26 bits per heavy atom. The van der Waals surface area contributed by atoms with Gasteiger partial charge in [-0.2, -0.15) is 12.1 Å². The van der Waals surface area contributed by atoms with Gasteiger partial charge in [0.15, 0.2) is 0 Å². The second kappa shape index (κ2) is 16.2. The van der Waals surface area contributed by atoms with Gasteiger partial charge < -0.3 is 23.5 Å². The summed E-state index contributed by atoms with van der Waals surface area (Å²) in [6.45, 7) is 11.0. The van der Waals surface area contributed by atoms with Crippen molar-refractivity contribution in [2.45, 2.75) is 33.1 Å². The average molecular weight is 1040 g/mol. The molecule has 0 saturated carbocycles. The van der Waals surface area contributed by atoms with Crippen LogP contribution in [0, 0.1) is 25.7 Å². The van der Waals surface area contributed by atoms with Gasteiger partial charge in [-0.1, -0.05) is 117 Å². The van der Waals surface area contributed by atoms with Gasteiger partial charge in [0.2, 0.25) is 0 Å². The second-order valence-corrected chi connectivity index (χ2v) is 17.8. The van der Waals surface area contributed by atoms with Gasteiger partial charge in [0.05, 0.1) is 0 Å². The Bertz CT molecular complexity index is 3640. The topological polar surface area (TPSA) is 46.7 Å². The molecule has 66 heavy (non-hydrogen) atoms. The van der Waals surface area contributed by atoms with Crippen molar-refractivity contribution in [2.24, 2.45) is 0 Å². The molecule has 7 heteroatoms. The van der Waals surface area contributed by atoms with Crippen LogP contribution in [0.3, 0.4) is 0 Å². The van der Waals surface area contributed by atoms with E-state index in [2.05, 4.69) is 206 Å². The summed E-state index contributed by atoms with van der Waals surface area (Å²) >= 11 is 0. The summed E-state index contributed by atoms with van der Waals surface area (Å²) in [5, 5.41) is 4.47. The predicted octanol–water partition coefficient (Wildman–Crippen LogP) is 15.8. The zero-order chi connectivity index (χ0) is 43.8. The number of ether oxygens (including phenoxy) is 1. The zero-order valence-corrected chi connectivity index (χ0v) is 39.1. The van der Waals surface area contributed by atoms with E-state index in [0.717, 1.165) is 100 Å². The molecule has 3 aromatic heterocycles. The predicted molar refractivity (Wildman–Crippen MR) is 266 cm³/mol. The molecule has 6 nitrogen and oxygen atoms in total. The van der Waals surface area contributed by atoms with Gasteiger partial charge in [-0.25, -0.2) is 4.98 Å². The van der Waals surface area contributed by atoms with Gasteiger partial charge >= 0.3 is 0 Å². The number of aryl methyl sites for hydroxylation is 1. The maximum Gasteiger partial charge on any atom is 0.136 e. The first-order valence-electron chi connectivity index (χ1n) is 22.0. The molecule has 8 aromatic carbocycles. The fraction of sp³-hybridized carbons (Fsp3) is 0.0847. The van der Waals surface area contributed by atoms with Gasteiger partial charge in [-0.3, -0.25) is 0 Å². The van der Waals surface area contributed by atoms with Crippen molar-refractivity contribution in [1.82, 2.24) is 9.55 Å². The van der Waals surface area contributed by atoms with Gasteiger partial charge in [-0.05, 0) is 100 Å². The van der Waals surface area contributed by atoms with E-state index in [-0.39, 0.29) is 26.5 Å². The van der Waals surface area contributed by atoms with Crippen LogP contribution in [0.2, 0.25) is 0 Å². The van der Waals surface area contributed by atoms with Crippen LogP contribution in [-0.4, -0.2) is 9.55 Å². The normalized spacial score (nSPS) is 12.6. The number of pyridine rings is 1. The number of para-hydroxylation sites is 4. The van der Waals surface area contributed by atoms with Crippen LogP contribution in [-0.2, 0) is 26.5 Å². The second-order valence-electron chi connectivity index (χ2n) is 17.8. The summed E-state index contributed by atoms with van der Waals surface area (Å²) in [6, 6.07) is 68.5. The average Bonchev–Trinajstić information content (AvgIpc) is 4.01. The summed E-state index contributed by atoms with van der Waals surface area (Å²) in [5.41, 5.74) is 14.8. The Balaban J connectivity index is 0.00000481. The molecule has 0 bridgehead atoms. The van der Waals surface area contributed by atoms with Crippen molar-refractivity contribution in [1.29, 1.82) is 0 Å². The molecule has 0 fully saturated rings. The Labute approximate surface area is 398 Å². The molecule has 0 aliphatic carbocycles. The summed E-state index contributed by atoms with van der Waals surface area (Å²) < 4.78 is 15.0. The minimum Gasteiger partial charge on any atom is -0.509 e. The molecule has 0 amide bonds. The molecule has 11 aromatic rings. The van der Waals surface area contributed by atoms with Crippen molar-refractivity contribution in [3.63, 3.8) is 0 Å². The van der Waals surface area contributed by atoms with E-state index in [1.807, 2.05) is 36.5 Å². The SMILES string of the molecule is Cc1cc(-n2c3[c-]c(Oc4[c-]c(N5[CH-]N(c6cccc(C(C)(C)C)c6)c6ccccc65)ccc4)ccc3c3ccccc32)ncc1-c1ccc(-c2ccc3c(c2)oc2ccccc23)cc1.[Pt]. The molecule has 0 atom stereocenters. The van der Waals surface area contributed by atoms with E-state index in [4.69, 9.17) is 14.1 Å². The number of fused-ring (bicyclic) bond motifs is 7. The monoisotopic (exact) mass is 1030 g/mol. The molecular formula is C59H43N4O2Pt-3. The first-order chi connectivity index (χ1) is 31.7. The number of anilines is 4. The smallest absolute Gasteiger partial charge is 0.136 e. The third kappa shape index (κ3) is 7.13. The fourth-order valence-corrected chi connectivity index (χ4v) is 9.27. The Hall–Kier alpha value is -7.40. The Kier molecular flexibility index (Phi) is 10.2. The maximum atomic E-state index is 6.60. The number of hydrogen-bond acceptors (Lipinski definition) is 5. The molecule has 0 saturated heterocycles. The van der Waals surface area contributed by atoms with Crippen molar-refractivity contribution >= 4 is 66.5 Å². The summed E-state index contributed by atoms with van der Waals surface area (Å²) in [7, 11) is 0. The van der Waals surface area contributed by atoms with Gasteiger partial charge in [0.25, 0.3) is 0 Å². The molecule has 12 rings (SSSR count). The van der Waals surface area contributed by atoms with E-state index in [0.29, 0.717) is 11.5 Å². The van der Waals surface area contributed by atoms with Gasteiger partial charge in [0.1, 0.15) is 17.0 Å². The van der Waals surface area contributed by atoms with Crippen LogP contribution in [0.25, 0.3) is 71.8 Å². The summed E-state index contributed by atoms with van der Waals surface area (Å²) in [6.07, 6.45) is 1.98. The van der Waals surface area contributed by atoms with Crippen LogP contribution < -0.4 is 14.5 Å². The molecule has 0 radical (unpaired) electrons. The number of aromatic nitrogens is 2. The van der Waals surface area contributed by atoms with Crippen molar-refractivity contribution in [2.75, 3.05) is 9.80 Å². The molecule has 1 aliphatic heterocycles. The molecule has 0 N–H and O–H groups in total. The number of furan rings is 1. The minimum atomic E-state index is 0. The number of nitrogens with zero attached hydrogens (tertiary/aromatic N) is 4. The first kappa shape index (κ1) is 41.3. The number of rotatable bonds is 7. The Morgan fingerprint density at radius 3 is 2.08 bits per heavy atom. The maximum absolute atomic E-state index is 6.60. The van der Waals surface area contributed by atoms with E-state index < -0.39 is 0 Å². The van der Waals surface area contributed by atoms with Crippen LogP contribution >= 0.6 is 0 Å². The Morgan fingerprint density at radius 1 is 0.576 bits per heavy atom. The third-order valence-corrected chi connectivity index (χ3v) is 12.6. The molecular weight excluding hydrogens is 992 g/mol. The standard InChI is InChI=1S/C59H43N4O2.Pt/c1-38-31-58(60-36-51(38)40-25-23-39(24-26-40)41-27-29-50-49-18-6-10-22-56(49)65-57(50)32-41)63-52-19-7-5-17-47(52)48-30-28-46(35-55(48)63)64-45-16-12-15-44(34-45)62-37-61(53-20-8-9-21-54(53)62)43-14-11-13-42(33-43)59(2,3)4;/h5-33,36-37H,1-4H3;/q-3;. The fourth-order valence-electron chi connectivity index (χ4n) is 9.27. The molecule has 4 heterocycles. The van der Waals surface area contributed by atoms with Crippen molar-refractivity contribution in [3.8, 4) is 39.6 Å². The van der Waals surface area contributed by atoms with E-state index in [1.165, 1.54) is 5.56 Å². The molecule has 0 unspecified atom stereocenters. The van der Waals surface area contributed by atoms with Gasteiger partial charge in [-0.15, -0.1) is 48.1 Å². The van der Waals surface area contributed by atoms with E-state index in [1.54, 1.807) is 0 Å². The van der Waals surface area contributed by atoms with E-state index >= 15 is 0 Å². The first-order valence-corrected chi connectivity index (χ1v) is 22.0. The third-order valence-electron chi connectivity index (χ3n) is 12.6. The number of benzene rings is 8. The van der Waals surface area contributed by atoms with E-state index in [9.17, 15) is 0 Å². The summed E-state index contributed by atoms with van der Waals surface area (Å²) in [4.78, 5) is 9.52. The number of hydrogen-bond donors (Lipinski definition) is 0. The van der Waals surface area contributed by atoms with Crippen molar-refractivity contribution in [3.05, 3.63) is 212 Å². The van der Waals surface area contributed by atoms with Crippen molar-refractivity contribution < 1.29 is 30.2 Å². The molecule has 324 valence electrons. The quantitative estimate of drug-likeness (QED) is 0.149. The molecule has 0 spiro atoms. The van der Waals surface area contributed by atoms with Crippen LogP contribution in [0.15, 0.2) is 187 Å². The van der Waals surface area contributed by atoms with Crippen LogP contribution in [0.1, 0.15) is 31.9 Å². The summed E-state index contributed by atoms with van der Waals surface area (Å²) in [5.74, 6) is 2.00. The van der Waals surface area contributed by atoms with Gasteiger partial charge in [0, 0.05) is 77.7 Å². The molecule has 1 aliphatic rings. The minimum absolute atomic E-state index is 0. The van der Waals surface area contributed by atoms with Crippen LogP contribution in [0.5, 0.6) is 11.5 Å². The van der Waals surface area contributed by atoms with Crippen LogP contribution in [0.4, 0.5) is 22.7 Å². The largest absolute Gasteiger partial charge is 0.509 e.